The Balaban J connectivity index is 1.50. The van der Waals surface area contributed by atoms with Crippen molar-refractivity contribution in [1.82, 2.24) is 4.57 Å². The second kappa shape index (κ2) is 10.0. The number of rotatable bonds is 7. The van der Waals surface area contributed by atoms with Crippen molar-refractivity contribution in [3.63, 3.8) is 0 Å². The molecule has 182 valence electrons. The fourth-order valence-corrected chi connectivity index (χ4v) is 4.71. The molecule has 2 aromatic carbocycles. The van der Waals surface area contributed by atoms with Gasteiger partial charge in [-0.2, -0.15) is 5.26 Å². The number of amides is 1. The van der Waals surface area contributed by atoms with E-state index in [1.807, 2.05) is 50.2 Å². The van der Waals surface area contributed by atoms with Crippen molar-refractivity contribution in [3.8, 4) is 23.1 Å². The molecule has 1 saturated heterocycles. The van der Waals surface area contributed by atoms with Gasteiger partial charge >= 0.3 is 6.09 Å². The van der Waals surface area contributed by atoms with E-state index in [2.05, 4.69) is 22.0 Å². The first-order valence-corrected chi connectivity index (χ1v) is 12.5. The minimum Gasteiger partial charge on any atom is -0.488 e. The zero-order chi connectivity index (χ0) is 24.4. The fourth-order valence-electron chi connectivity index (χ4n) is 4.71. The quantitative estimate of drug-likeness (QED) is 0.428. The van der Waals surface area contributed by atoms with E-state index in [0.29, 0.717) is 23.9 Å². The standard InChI is InChI=1S/C28H31N3O4/c1-3-18(2)34-28(32)30-20-9-7-19(8-10-20)27-25(16-29)24-12-11-22(35-23-13-14-33-17-23)15-26(24)31(27)21-5-4-6-21/h7-12,15,18,21,23H,3-6,13-14,17H2,1-2H3,(H,30,32). The van der Waals surface area contributed by atoms with E-state index in [9.17, 15) is 10.1 Å². The number of hydrogen-bond acceptors (Lipinski definition) is 5. The Labute approximate surface area is 205 Å². The van der Waals surface area contributed by atoms with E-state index in [0.717, 1.165) is 60.2 Å². The van der Waals surface area contributed by atoms with Crippen LogP contribution in [0.3, 0.4) is 0 Å². The molecule has 2 fully saturated rings. The summed E-state index contributed by atoms with van der Waals surface area (Å²) in [6, 6.07) is 16.4. The molecule has 2 aliphatic rings. The number of carbonyl (C=O) groups excluding carboxylic acids is 1. The molecule has 2 atom stereocenters. The molecule has 0 bridgehead atoms. The van der Waals surface area contributed by atoms with Crippen LogP contribution >= 0.6 is 0 Å². The summed E-state index contributed by atoms with van der Waals surface area (Å²) in [5.74, 6) is 0.807. The summed E-state index contributed by atoms with van der Waals surface area (Å²) >= 11 is 0. The van der Waals surface area contributed by atoms with E-state index < -0.39 is 6.09 Å². The number of carbonyl (C=O) groups is 1. The zero-order valence-electron chi connectivity index (χ0n) is 20.3. The molecule has 3 aromatic rings. The summed E-state index contributed by atoms with van der Waals surface area (Å²) in [7, 11) is 0. The second-order valence-electron chi connectivity index (χ2n) is 9.40. The highest BCUT2D eigenvalue weighted by Gasteiger charge is 2.28. The summed E-state index contributed by atoms with van der Waals surface area (Å²) in [4.78, 5) is 12.1. The van der Waals surface area contributed by atoms with Crippen LogP contribution in [0.5, 0.6) is 5.75 Å². The number of benzene rings is 2. The first kappa shape index (κ1) is 23.3. The number of fused-ring (bicyclic) bond motifs is 1. The molecule has 2 unspecified atom stereocenters. The van der Waals surface area contributed by atoms with Gasteiger partial charge in [0.05, 0.1) is 30.0 Å². The lowest BCUT2D eigenvalue weighted by atomic mass is 9.92. The van der Waals surface area contributed by atoms with Gasteiger partial charge < -0.3 is 18.8 Å². The van der Waals surface area contributed by atoms with Crippen LogP contribution in [0.15, 0.2) is 42.5 Å². The molecule has 2 heterocycles. The summed E-state index contributed by atoms with van der Waals surface area (Å²) < 4.78 is 19.3. The van der Waals surface area contributed by atoms with Gasteiger partial charge in [-0.1, -0.05) is 19.1 Å². The molecule has 0 radical (unpaired) electrons. The van der Waals surface area contributed by atoms with Gasteiger partial charge in [0.15, 0.2) is 0 Å². The normalized spacial score (nSPS) is 18.6. The highest BCUT2D eigenvalue weighted by atomic mass is 16.6. The van der Waals surface area contributed by atoms with Crippen LogP contribution in [0.4, 0.5) is 10.5 Å². The van der Waals surface area contributed by atoms with Crippen molar-refractivity contribution < 1.29 is 19.0 Å². The molecule has 1 saturated carbocycles. The fraction of sp³-hybridized carbons (Fsp3) is 0.429. The van der Waals surface area contributed by atoms with Gasteiger partial charge in [-0.3, -0.25) is 5.32 Å². The van der Waals surface area contributed by atoms with E-state index in [4.69, 9.17) is 14.2 Å². The first-order valence-electron chi connectivity index (χ1n) is 12.5. The monoisotopic (exact) mass is 473 g/mol. The van der Waals surface area contributed by atoms with Gasteiger partial charge in [0.1, 0.15) is 24.0 Å². The average molecular weight is 474 g/mol. The molecule has 1 amide bonds. The molecule has 1 aromatic heterocycles. The Hall–Kier alpha value is -3.50. The molecule has 7 nitrogen and oxygen atoms in total. The van der Waals surface area contributed by atoms with Crippen LogP contribution in [0.25, 0.3) is 22.2 Å². The van der Waals surface area contributed by atoms with Gasteiger partial charge in [0.2, 0.25) is 0 Å². The lowest BCUT2D eigenvalue weighted by Crippen LogP contribution is -2.19. The largest absolute Gasteiger partial charge is 0.488 e. The summed E-state index contributed by atoms with van der Waals surface area (Å²) in [5, 5.41) is 13.9. The number of nitrogens with one attached hydrogen (secondary N) is 1. The van der Waals surface area contributed by atoms with E-state index in [1.165, 1.54) is 6.42 Å². The third-order valence-electron chi connectivity index (χ3n) is 7.01. The maximum absolute atomic E-state index is 12.1. The highest BCUT2D eigenvalue weighted by molar-refractivity contribution is 5.96. The third-order valence-corrected chi connectivity index (χ3v) is 7.01. The number of ether oxygens (including phenoxy) is 3. The minimum atomic E-state index is -0.464. The third kappa shape index (κ3) is 4.71. The van der Waals surface area contributed by atoms with Gasteiger partial charge in [-0.15, -0.1) is 0 Å². The van der Waals surface area contributed by atoms with Crippen LogP contribution in [0.2, 0.25) is 0 Å². The van der Waals surface area contributed by atoms with Crippen LogP contribution in [0.1, 0.15) is 57.6 Å². The van der Waals surface area contributed by atoms with Crippen molar-refractivity contribution in [2.75, 3.05) is 18.5 Å². The molecule has 35 heavy (non-hydrogen) atoms. The smallest absolute Gasteiger partial charge is 0.411 e. The molecule has 1 aliphatic heterocycles. The Morgan fingerprint density at radius 3 is 2.66 bits per heavy atom. The Bertz CT molecular complexity index is 1250. The Kier molecular flexibility index (Phi) is 6.65. The number of anilines is 1. The van der Waals surface area contributed by atoms with Crippen LogP contribution in [0, 0.1) is 11.3 Å². The predicted octanol–water partition coefficient (Wildman–Crippen LogP) is 6.42. The van der Waals surface area contributed by atoms with Gasteiger partial charge in [-0.25, -0.2) is 4.79 Å². The number of aromatic nitrogens is 1. The van der Waals surface area contributed by atoms with Gasteiger partial charge in [0, 0.05) is 29.6 Å². The molecular formula is C28H31N3O4. The predicted molar refractivity (Wildman–Crippen MR) is 135 cm³/mol. The van der Waals surface area contributed by atoms with Crippen LogP contribution < -0.4 is 10.1 Å². The number of nitriles is 1. The second-order valence-corrected chi connectivity index (χ2v) is 9.40. The highest BCUT2D eigenvalue weighted by Crippen LogP contribution is 2.43. The van der Waals surface area contributed by atoms with E-state index >= 15 is 0 Å². The van der Waals surface area contributed by atoms with Crippen molar-refractivity contribution in [3.05, 3.63) is 48.0 Å². The molecule has 0 spiro atoms. The Morgan fingerprint density at radius 2 is 2.03 bits per heavy atom. The first-order chi connectivity index (χ1) is 17.1. The maximum atomic E-state index is 12.1. The summed E-state index contributed by atoms with van der Waals surface area (Å²) in [6.07, 6.45) is 4.48. The van der Waals surface area contributed by atoms with Crippen LogP contribution in [-0.4, -0.2) is 36.1 Å². The van der Waals surface area contributed by atoms with E-state index in [1.54, 1.807) is 0 Å². The average Bonchev–Trinajstić information content (AvgIpc) is 3.44. The summed E-state index contributed by atoms with van der Waals surface area (Å²) in [6.45, 7) is 5.18. The van der Waals surface area contributed by atoms with Crippen molar-refractivity contribution >= 4 is 22.7 Å². The lowest BCUT2D eigenvalue weighted by Gasteiger charge is -2.30. The van der Waals surface area contributed by atoms with Crippen LogP contribution in [-0.2, 0) is 9.47 Å². The Morgan fingerprint density at radius 1 is 1.23 bits per heavy atom. The van der Waals surface area contributed by atoms with Crippen molar-refractivity contribution in [2.24, 2.45) is 0 Å². The molecule has 7 heteroatoms. The topological polar surface area (TPSA) is 85.5 Å². The SMILES string of the molecule is CCC(C)OC(=O)Nc1ccc(-c2c(C#N)c3ccc(OC4CCOC4)cc3n2C2CCC2)cc1. The van der Waals surface area contributed by atoms with Gasteiger partial charge in [-0.05, 0) is 62.4 Å². The molecule has 1 aliphatic carbocycles. The molecule has 1 N–H and O–H groups in total. The molecular weight excluding hydrogens is 442 g/mol. The van der Waals surface area contributed by atoms with E-state index in [-0.39, 0.29) is 12.2 Å². The van der Waals surface area contributed by atoms with Crippen molar-refractivity contribution in [2.45, 2.75) is 64.2 Å². The number of nitrogens with zero attached hydrogens (tertiary/aromatic N) is 2. The number of hydrogen-bond donors (Lipinski definition) is 1. The maximum Gasteiger partial charge on any atom is 0.411 e. The summed E-state index contributed by atoms with van der Waals surface area (Å²) in [5.41, 5.74) is 4.21. The lowest BCUT2D eigenvalue weighted by molar-refractivity contribution is 0.118. The zero-order valence-corrected chi connectivity index (χ0v) is 20.3. The van der Waals surface area contributed by atoms with Gasteiger partial charge in [0.25, 0.3) is 0 Å². The minimum absolute atomic E-state index is 0.0709. The van der Waals surface area contributed by atoms with Crippen molar-refractivity contribution in [1.29, 1.82) is 5.26 Å². The molecule has 5 rings (SSSR count).